The summed E-state index contributed by atoms with van der Waals surface area (Å²) in [5.41, 5.74) is -5.10. The molecule has 2 aromatic rings. The Labute approximate surface area is 644 Å². The number of carbonyl (C=O) groups excluding carboxylic acids is 12. The summed E-state index contributed by atoms with van der Waals surface area (Å²) >= 11 is 0. The van der Waals surface area contributed by atoms with Gasteiger partial charge in [-0.3, -0.25) is 57.5 Å². The standard InChI is InChI=1S/C78H110F8N12O13/c1-17-20-26-56-72(107)97(41-46(6)7)60(38-48-27-30-51(31-28-48)77(81,82)83)71(106)91(11)43-61(99)87-55(32-29-49-36-53(79)64(54(80)37-49)78(84,85)86)69(104)98-42-52(111-19-3)39-58(98)68(103)89-76(33-23-34-76)75(110)96(16)66(50-24-21-22-25-50)74(109)95(15)59(70(105)90(9)10)40-62(100)94(14)57(35-45(4)5)67(102)88-65(47(8)18-2)73(108)92(12)44-63(101)93(56)13/h17,27-28,30-31,36-37,45,47,50,52,55-60,65-66H,1,6,18-26,29,32-35,38-44H2,2-5,7-16H3,(H,87,99)(H,88,102)(H,89,103)/t47-,52+,55-,56-,57-,58?,59-,60-,65-,66-/m0/s1. The van der Waals surface area contributed by atoms with Crippen molar-refractivity contribution >= 4 is 70.9 Å². The molecule has 2 saturated carbocycles. The molecule has 2 aromatic carbocycles. The Balaban J connectivity index is 1.54. The summed E-state index contributed by atoms with van der Waals surface area (Å²) in [6, 6.07) is -7.70. The van der Waals surface area contributed by atoms with Crippen LogP contribution in [-0.4, -0.2) is 264 Å². The molecule has 25 nitrogen and oxygen atoms in total. The number of alkyl halides is 6. The van der Waals surface area contributed by atoms with E-state index in [4.69, 9.17) is 4.74 Å². The summed E-state index contributed by atoms with van der Waals surface area (Å²) in [6.07, 6.45) is -9.60. The van der Waals surface area contributed by atoms with Crippen molar-refractivity contribution in [1.82, 2.24) is 60.0 Å². The lowest BCUT2D eigenvalue weighted by Crippen LogP contribution is -2.68. The molecule has 3 N–H and O–H groups in total. The van der Waals surface area contributed by atoms with E-state index in [1.165, 1.54) is 72.1 Å². The van der Waals surface area contributed by atoms with Gasteiger partial charge in [0.05, 0.1) is 31.2 Å². The second kappa shape index (κ2) is 38.9. The van der Waals surface area contributed by atoms with Crippen molar-refractivity contribution in [3.63, 3.8) is 0 Å². The summed E-state index contributed by atoms with van der Waals surface area (Å²) < 4.78 is 120. The molecule has 10 atom stereocenters. The van der Waals surface area contributed by atoms with Crippen LogP contribution in [0.4, 0.5) is 35.1 Å². The third-order valence-corrected chi connectivity index (χ3v) is 21.7. The van der Waals surface area contributed by atoms with E-state index in [2.05, 4.69) is 29.1 Å². The van der Waals surface area contributed by atoms with Crippen LogP contribution < -0.4 is 16.0 Å². The van der Waals surface area contributed by atoms with Gasteiger partial charge < -0.3 is 64.8 Å². The predicted octanol–water partition coefficient (Wildman–Crippen LogP) is 6.93. The van der Waals surface area contributed by atoms with Crippen molar-refractivity contribution in [3.05, 3.63) is 95.1 Å². The molecular formula is C78H110F8N12O13. The zero-order chi connectivity index (χ0) is 83.2. The smallest absolute Gasteiger partial charge is 0.377 e. The van der Waals surface area contributed by atoms with E-state index >= 15 is 37.5 Å². The minimum Gasteiger partial charge on any atom is -0.377 e. The van der Waals surface area contributed by atoms with E-state index in [1.807, 2.05) is 0 Å². The number of nitrogens with one attached hydrogen (secondary N) is 3. The number of halogens is 8. The van der Waals surface area contributed by atoms with Gasteiger partial charge in [0, 0.05) is 88.9 Å². The van der Waals surface area contributed by atoms with Gasteiger partial charge in [-0.2, -0.15) is 26.3 Å². The van der Waals surface area contributed by atoms with Gasteiger partial charge in [0.2, 0.25) is 70.9 Å². The normalized spacial score (nSPS) is 24.8. The molecule has 2 saturated heterocycles. The van der Waals surface area contributed by atoms with Gasteiger partial charge in [-0.05, 0) is 131 Å². The van der Waals surface area contributed by atoms with E-state index in [0.717, 1.165) is 65.6 Å². The number of fused-ring (bicyclic) bond motifs is 1. The molecule has 0 bridgehead atoms. The van der Waals surface area contributed by atoms with Gasteiger partial charge in [-0.15, -0.1) is 6.58 Å². The van der Waals surface area contributed by atoms with Crippen molar-refractivity contribution in [2.24, 2.45) is 17.8 Å². The molecule has 111 heavy (non-hydrogen) atoms. The van der Waals surface area contributed by atoms with Crippen LogP contribution in [0, 0.1) is 29.4 Å². The Morgan fingerprint density at radius 2 is 1.30 bits per heavy atom. The average Bonchev–Trinajstić information content (AvgIpc) is 1.70. The van der Waals surface area contributed by atoms with E-state index in [1.54, 1.807) is 34.6 Å². The Kier molecular flexibility index (Phi) is 31.9. The topological polar surface area (TPSA) is 279 Å². The molecule has 4 fully saturated rings. The van der Waals surface area contributed by atoms with Crippen molar-refractivity contribution in [2.45, 2.75) is 217 Å². The van der Waals surface area contributed by atoms with Crippen molar-refractivity contribution in [3.8, 4) is 0 Å². The molecule has 2 aliphatic carbocycles. The van der Waals surface area contributed by atoms with Crippen LogP contribution in [0.5, 0.6) is 0 Å². The van der Waals surface area contributed by atoms with Gasteiger partial charge in [-0.1, -0.05) is 77.3 Å². The average molecular weight is 1580 g/mol. The highest BCUT2D eigenvalue weighted by atomic mass is 19.4. The summed E-state index contributed by atoms with van der Waals surface area (Å²) in [6.45, 7) is 15.4. The van der Waals surface area contributed by atoms with Crippen LogP contribution >= 0.6 is 0 Å². The molecule has 0 aromatic heterocycles. The molecule has 2 aliphatic heterocycles. The van der Waals surface area contributed by atoms with Crippen LogP contribution in [0.1, 0.15) is 154 Å². The maximum atomic E-state index is 15.7. The number of carbonyl (C=O) groups is 12. The molecule has 0 radical (unpaired) electrons. The maximum Gasteiger partial charge on any atom is 0.422 e. The minimum atomic E-state index is -5.47. The van der Waals surface area contributed by atoms with Gasteiger partial charge in [0.1, 0.15) is 71.1 Å². The molecule has 12 amide bonds. The van der Waals surface area contributed by atoms with Gasteiger partial charge in [-0.25, -0.2) is 8.78 Å². The number of ether oxygens (including phenoxy) is 1. The van der Waals surface area contributed by atoms with E-state index < -0.39 is 229 Å². The number of benzene rings is 2. The number of nitrogens with zero attached hydrogens (tertiary/aromatic N) is 9. The number of hydrogen-bond acceptors (Lipinski definition) is 13. The zero-order valence-corrected chi connectivity index (χ0v) is 66.1. The predicted molar refractivity (Wildman–Crippen MR) is 394 cm³/mol. The Hall–Kier alpha value is -9.04. The summed E-state index contributed by atoms with van der Waals surface area (Å²) in [7, 11) is 10.6. The molecule has 6 rings (SSSR count). The second-order valence-electron chi connectivity index (χ2n) is 30.8. The Bertz CT molecular complexity index is 3710. The second-order valence-corrected chi connectivity index (χ2v) is 30.8. The summed E-state index contributed by atoms with van der Waals surface area (Å²) in [5.74, 6) is -15.8. The first-order valence-electron chi connectivity index (χ1n) is 37.7. The first kappa shape index (κ1) is 90.8. The van der Waals surface area contributed by atoms with E-state index in [9.17, 15) is 55.1 Å². The lowest BCUT2D eigenvalue weighted by molar-refractivity contribution is -0.158. The molecule has 1 spiro atoms. The third kappa shape index (κ3) is 22.6. The Morgan fingerprint density at radius 3 is 1.82 bits per heavy atom. The van der Waals surface area contributed by atoms with Crippen molar-refractivity contribution in [1.29, 1.82) is 0 Å². The number of amides is 12. The SMILES string of the molecule is C=CCC[C@H]1C(=O)N(CC(=C)C)[C@@H](Cc2ccc(C(F)(F)F)cc2)C(=O)N(C)CC(=O)N[C@@H](CCc2cc(F)c(C(F)(F)F)c(F)c2)C(=O)N2C[C@H](OCC)CC2C(=O)NC2(CCC2)C(=O)N(C)[C@@H](C2CCCC2)C(=O)N(C)[C@H](C(=O)N(C)C)CC(=O)N(C)[C@@H](CC(C)C)C(=O)N[C@@H]([C@@H](C)CC)C(=O)N(C)CC(=O)N1C. The first-order chi connectivity index (χ1) is 51.8. The molecular weight excluding hydrogens is 1460 g/mol. The number of rotatable bonds is 18. The van der Waals surface area contributed by atoms with Gasteiger partial charge in [0.25, 0.3) is 0 Å². The highest BCUT2D eigenvalue weighted by Gasteiger charge is 2.54. The van der Waals surface area contributed by atoms with Crippen LogP contribution in [0.25, 0.3) is 0 Å². The summed E-state index contributed by atoms with van der Waals surface area (Å²) in [5, 5.41) is 8.26. The lowest BCUT2D eigenvalue weighted by Gasteiger charge is -2.46. The summed E-state index contributed by atoms with van der Waals surface area (Å²) in [4.78, 5) is 191. The minimum absolute atomic E-state index is 0.0254. The van der Waals surface area contributed by atoms with E-state index in [0.29, 0.717) is 50.7 Å². The maximum absolute atomic E-state index is 15.7. The molecule has 4 aliphatic rings. The quantitative estimate of drug-likeness (QED) is 0.101. The molecule has 2 heterocycles. The number of allylic oxidation sites excluding steroid dienone is 1. The number of aryl methyl sites for hydroxylation is 1. The fourth-order valence-electron chi connectivity index (χ4n) is 15.0. The zero-order valence-electron chi connectivity index (χ0n) is 66.1. The van der Waals surface area contributed by atoms with Crippen molar-refractivity contribution in [2.75, 3.05) is 89.2 Å². The fourth-order valence-corrected chi connectivity index (χ4v) is 15.0. The van der Waals surface area contributed by atoms with Crippen LogP contribution in [0.15, 0.2) is 61.2 Å². The monoisotopic (exact) mass is 1570 g/mol. The van der Waals surface area contributed by atoms with E-state index in [-0.39, 0.29) is 68.7 Å². The molecule has 33 heteroatoms. The third-order valence-electron chi connectivity index (χ3n) is 21.7. The van der Waals surface area contributed by atoms with Crippen LogP contribution in [0.3, 0.4) is 0 Å². The highest BCUT2D eigenvalue weighted by Crippen LogP contribution is 2.40. The lowest BCUT2D eigenvalue weighted by atomic mass is 9.74. The molecule has 616 valence electrons. The fraction of sp³-hybridized carbons (Fsp3) is 0.641. The largest absolute Gasteiger partial charge is 0.422 e. The first-order valence-corrected chi connectivity index (χ1v) is 37.7. The Morgan fingerprint density at radius 1 is 0.703 bits per heavy atom. The molecule has 1 unspecified atom stereocenters. The van der Waals surface area contributed by atoms with Crippen LogP contribution in [-0.2, 0) is 87.5 Å². The number of hydrogen-bond donors (Lipinski definition) is 3. The van der Waals surface area contributed by atoms with Gasteiger partial charge in [0.15, 0.2) is 0 Å². The van der Waals surface area contributed by atoms with Crippen LogP contribution in [0.2, 0.25) is 0 Å². The number of likely N-dealkylation sites (N-methyl/N-ethyl adjacent to an activating group) is 7. The highest BCUT2D eigenvalue weighted by molar-refractivity contribution is 6.01. The van der Waals surface area contributed by atoms with Gasteiger partial charge >= 0.3 is 12.4 Å². The van der Waals surface area contributed by atoms with Crippen molar-refractivity contribution < 1.29 is 97.4 Å².